The van der Waals surface area contributed by atoms with E-state index in [1.807, 2.05) is 36.4 Å². The quantitative estimate of drug-likeness (QED) is 0.842. The van der Waals surface area contributed by atoms with Gasteiger partial charge in [0.2, 0.25) is 0 Å². The molecule has 0 unspecified atom stereocenters. The van der Waals surface area contributed by atoms with Gasteiger partial charge in [-0.1, -0.05) is 12.1 Å². The third-order valence-corrected chi connectivity index (χ3v) is 2.41. The van der Waals surface area contributed by atoms with Crippen LogP contribution in [0.25, 0.3) is 0 Å². The summed E-state index contributed by atoms with van der Waals surface area (Å²) in [5.41, 5.74) is 3.34. The molecule has 0 saturated carbocycles. The van der Waals surface area contributed by atoms with E-state index in [0.29, 0.717) is 5.56 Å². The Balaban J connectivity index is 2.16. The van der Waals surface area contributed by atoms with Crippen LogP contribution >= 0.6 is 0 Å². The molecule has 0 radical (unpaired) electrons. The first-order chi connectivity index (χ1) is 8.31. The van der Waals surface area contributed by atoms with Crippen molar-refractivity contribution in [2.24, 2.45) is 0 Å². The minimum Gasteiger partial charge on any atom is -0.392 e. The van der Waals surface area contributed by atoms with Gasteiger partial charge in [0.25, 0.3) is 0 Å². The molecule has 0 bridgehead atoms. The molecule has 0 aliphatic heterocycles. The summed E-state index contributed by atoms with van der Waals surface area (Å²) < 4.78 is 0. The maximum absolute atomic E-state index is 9.03. The van der Waals surface area contributed by atoms with E-state index in [9.17, 15) is 0 Å². The lowest BCUT2D eigenvalue weighted by Gasteiger charge is -2.07. The molecule has 0 spiro atoms. The molecule has 0 amide bonds. The normalized spacial score (nSPS) is 9.65. The van der Waals surface area contributed by atoms with E-state index < -0.39 is 0 Å². The van der Waals surface area contributed by atoms with Crippen LogP contribution in [0.2, 0.25) is 0 Å². The standard InChI is InChI=1S/C14H12N2O/c15-9-11-4-6-13(7-5-11)16-14-3-1-2-12(8-14)10-17/h1-8,16-17H,10H2. The molecule has 3 nitrogen and oxygen atoms in total. The Morgan fingerprint density at radius 1 is 1.06 bits per heavy atom. The Bertz CT molecular complexity index is 541. The molecule has 2 aromatic carbocycles. The van der Waals surface area contributed by atoms with Gasteiger partial charge in [0.15, 0.2) is 0 Å². The predicted octanol–water partition coefficient (Wildman–Crippen LogP) is 2.79. The summed E-state index contributed by atoms with van der Waals surface area (Å²) in [7, 11) is 0. The van der Waals surface area contributed by atoms with Crippen LogP contribution in [0.3, 0.4) is 0 Å². The third-order valence-electron chi connectivity index (χ3n) is 2.41. The zero-order valence-corrected chi connectivity index (χ0v) is 9.22. The maximum atomic E-state index is 9.03. The predicted molar refractivity (Wildman–Crippen MR) is 66.8 cm³/mol. The van der Waals surface area contributed by atoms with Gasteiger partial charge in [-0.2, -0.15) is 5.26 Å². The van der Waals surface area contributed by atoms with Gasteiger partial charge in [-0.3, -0.25) is 0 Å². The lowest BCUT2D eigenvalue weighted by Crippen LogP contribution is -1.91. The summed E-state index contributed by atoms with van der Waals surface area (Å²) in [6.07, 6.45) is 0. The number of anilines is 2. The van der Waals surface area contributed by atoms with Crippen LogP contribution in [0.5, 0.6) is 0 Å². The lowest BCUT2D eigenvalue weighted by atomic mass is 10.2. The fraction of sp³-hybridized carbons (Fsp3) is 0.0714. The minimum atomic E-state index is 0.0306. The zero-order valence-electron chi connectivity index (χ0n) is 9.22. The first-order valence-electron chi connectivity index (χ1n) is 5.29. The minimum absolute atomic E-state index is 0.0306. The number of hydrogen-bond donors (Lipinski definition) is 2. The van der Waals surface area contributed by atoms with Crippen molar-refractivity contribution in [3.63, 3.8) is 0 Å². The molecular formula is C14H12N2O. The average molecular weight is 224 g/mol. The summed E-state index contributed by atoms with van der Waals surface area (Å²) in [5.74, 6) is 0. The number of nitrogens with zero attached hydrogens (tertiary/aromatic N) is 1. The molecule has 0 atom stereocenters. The second-order valence-corrected chi connectivity index (χ2v) is 3.67. The fourth-order valence-corrected chi connectivity index (χ4v) is 1.54. The molecule has 0 fully saturated rings. The highest BCUT2D eigenvalue weighted by molar-refractivity contribution is 5.61. The number of aliphatic hydroxyl groups is 1. The van der Waals surface area contributed by atoms with Crippen LogP contribution in [0.1, 0.15) is 11.1 Å². The SMILES string of the molecule is N#Cc1ccc(Nc2cccc(CO)c2)cc1. The van der Waals surface area contributed by atoms with Crippen LogP contribution in [0, 0.1) is 11.3 Å². The smallest absolute Gasteiger partial charge is 0.0991 e. The van der Waals surface area contributed by atoms with Crippen molar-refractivity contribution in [2.45, 2.75) is 6.61 Å². The highest BCUT2D eigenvalue weighted by Gasteiger charge is 1.96. The lowest BCUT2D eigenvalue weighted by molar-refractivity contribution is 0.282. The number of nitrogens with one attached hydrogen (secondary N) is 1. The number of hydrogen-bond acceptors (Lipinski definition) is 3. The highest BCUT2D eigenvalue weighted by Crippen LogP contribution is 2.18. The van der Waals surface area contributed by atoms with E-state index in [1.54, 1.807) is 12.1 Å². The van der Waals surface area contributed by atoms with Gasteiger partial charge in [0.1, 0.15) is 0 Å². The molecule has 0 aliphatic rings. The molecule has 2 N–H and O–H groups in total. The molecule has 2 aromatic rings. The molecule has 0 aliphatic carbocycles. The first kappa shape index (κ1) is 11.2. The Morgan fingerprint density at radius 3 is 2.47 bits per heavy atom. The van der Waals surface area contributed by atoms with Crippen molar-refractivity contribution in [1.29, 1.82) is 5.26 Å². The van der Waals surface area contributed by atoms with E-state index in [4.69, 9.17) is 10.4 Å². The number of aliphatic hydroxyl groups excluding tert-OH is 1. The van der Waals surface area contributed by atoms with E-state index in [-0.39, 0.29) is 6.61 Å². The van der Waals surface area contributed by atoms with E-state index in [2.05, 4.69) is 11.4 Å². The molecule has 84 valence electrons. The molecule has 0 aromatic heterocycles. The van der Waals surface area contributed by atoms with E-state index >= 15 is 0 Å². The molecular weight excluding hydrogens is 212 g/mol. The van der Waals surface area contributed by atoms with Crippen molar-refractivity contribution >= 4 is 11.4 Å². The summed E-state index contributed by atoms with van der Waals surface area (Å²) in [6, 6.07) is 16.9. The van der Waals surface area contributed by atoms with Gasteiger partial charge < -0.3 is 10.4 Å². The summed E-state index contributed by atoms with van der Waals surface area (Å²) in [5, 5.41) is 20.9. The molecule has 3 heteroatoms. The summed E-state index contributed by atoms with van der Waals surface area (Å²) >= 11 is 0. The van der Waals surface area contributed by atoms with Crippen molar-refractivity contribution in [3.05, 3.63) is 59.7 Å². The van der Waals surface area contributed by atoms with Gasteiger partial charge in [-0.05, 0) is 42.0 Å². The topological polar surface area (TPSA) is 56.0 Å². The van der Waals surface area contributed by atoms with Gasteiger partial charge >= 0.3 is 0 Å². The Morgan fingerprint density at radius 2 is 1.82 bits per heavy atom. The van der Waals surface area contributed by atoms with Crippen molar-refractivity contribution in [1.82, 2.24) is 0 Å². The van der Waals surface area contributed by atoms with Crippen molar-refractivity contribution < 1.29 is 5.11 Å². The number of rotatable bonds is 3. The van der Waals surface area contributed by atoms with Crippen molar-refractivity contribution in [2.75, 3.05) is 5.32 Å². The largest absolute Gasteiger partial charge is 0.392 e. The molecule has 0 heterocycles. The van der Waals surface area contributed by atoms with E-state index in [0.717, 1.165) is 16.9 Å². The zero-order chi connectivity index (χ0) is 12.1. The Labute approximate surface area is 100.0 Å². The van der Waals surface area contributed by atoms with Gasteiger partial charge in [0.05, 0.1) is 18.2 Å². The number of benzene rings is 2. The number of nitriles is 1. The van der Waals surface area contributed by atoms with Crippen LogP contribution in [-0.2, 0) is 6.61 Å². The third kappa shape index (κ3) is 2.83. The highest BCUT2D eigenvalue weighted by atomic mass is 16.3. The van der Waals surface area contributed by atoms with Crippen LogP contribution in [-0.4, -0.2) is 5.11 Å². The molecule has 0 saturated heterocycles. The van der Waals surface area contributed by atoms with Gasteiger partial charge in [-0.15, -0.1) is 0 Å². The maximum Gasteiger partial charge on any atom is 0.0991 e. The molecule has 2 rings (SSSR count). The van der Waals surface area contributed by atoms with E-state index in [1.165, 1.54) is 0 Å². The second kappa shape index (κ2) is 5.15. The van der Waals surface area contributed by atoms with Crippen LogP contribution < -0.4 is 5.32 Å². The van der Waals surface area contributed by atoms with Crippen molar-refractivity contribution in [3.8, 4) is 6.07 Å². The Kier molecular flexibility index (Phi) is 3.39. The first-order valence-corrected chi connectivity index (χ1v) is 5.29. The van der Waals surface area contributed by atoms with Crippen LogP contribution in [0.15, 0.2) is 48.5 Å². The average Bonchev–Trinajstić information content (AvgIpc) is 2.40. The molecule has 17 heavy (non-hydrogen) atoms. The fourth-order valence-electron chi connectivity index (χ4n) is 1.54. The van der Waals surface area contributed by atoms with Gasteiger partial charge in [-0.25, -0.2) is 0 Å². The summed E-state index contributed by atoms with van der Waals surface area (Å²) in [4.78, 5) is 0. The van der Waals surface area contributed by atoms with Gasteiger partial charge in [0, 0.05) is 11.4 Å². The monoisotopic (exact) mass is 224 g/mol. The Hall–Kier alpha value is -2.31. The second-order valence-electron chi connectivity index (χ2n) is 3.67. The van der Waals surface area contributed by atoms with Crippen LogP contribution in [0.4, 0.5) is 11.4 Å². The summed E-state index contributed by atoms with van der Waals surface area (Å²) in [6.45, 7) is 0.0306.